The number of ether oxygens (including phenoxy) is 1. The zero-order valence-corrected chi connectivity index (χ0v) is 13.9. The van der Waals surface area contributed by atoms with Gasteiger partial charge >= 0.3 is 0 Å². The topological polar surface area (TPSA) is 21.3 Å². The Morgan fingerprint density at radius 2 is 1.90 bits per heavy atom. The highest BCUT2D eigenvalue weighted by Gasteiger charge is 2.32. The minimum absolute atomic E-state index is 0.534. The summed E-state index contributed by atoms with van der Waals surface area (Å²) >= 11 is 0. The van der Waals surface area contributed by atoms with Crippen molar-refractivity contribution in [3.8, 4) is 5.75 Å². The Kier molecular flexibility index (Phi) is 6.56. The Labute approximate surface area is 130 Å². The van der Waals surface area contributed by atoms with E-state index in [4.69, 9.17) is 4.74 Å². The molecule has 2 atom stereocenters. The van der Waals surface area contributed by atoms with E-state index < -0.39 is 0 Å². The molecule has 1 aromatic carbocycles. The highest BCUT2D eigenvalue weighted by molar-refractivity contribution is 5.30. The first-order chi connectivity index (χ1) is 10.3. The molecule has 1 aromatic rings. The van der Waals surface area contributed by atoms with Gasteiger partial charge in [-0.1, -0.05) is 45.2 Å². The molecule has 0 radical (unpaired) electrons. The average molecular weight is 289 g/mol. The number of hydrogen-bond donors (Lipinski definition) is 1. The van der Waals surface area contributed by atoms with Gasteiger partial charge in [-0.15, -0.1) is 0 Å². The Balaban J connectivity index is 1.92. The highest BCUT2D eigenvalue weighted by atomic mass is 16.5. The maximum Gasteiger partial charge on any atom is 0.118 e. The van der Waals surface area contributed by atoms with Crippen molar-refractivity contribution in [2.45, 2.75) is 58.4 Å². The molecule has 0 bridgehead atoms. The lowest BCUT2D eigenvalue weighted by Crippen LogP contribution is -2.28. The molecule has 2 nitrogen and oxygen atoms in total. The third-order valence-corrected chi connectivity index (χ3v) is 4.74. The fourth-order valence-corrected chi connectivity index (χ4v) is 3.03. The molecule has 2 unspecified atom stereocenters. The smallest absolute Gasteiger partial charge is 0.118 e. The van der Waals surface area contributed by atoms with Crippen molar-refractivity contribution in [1.82, 2.24) is 5.32 Å². The lowest BCUT2D eigenvalue weighted by Gasteiger charge is -2.23. The van der Waals surface area contributed by atoms with Gasteiger partial charge in [-0.2, -0.15) is 0 Å². The summed E-state index contributed by atoms with van der Waals surface area (Å²) in [6, 6.07) is 9.15. The maximum absolute atomic E-state index is 5.26. The zero-order valence-electron chi connectivity index (χ0n) is 13.9. The van der Waals surface area contributed by atoms with Crippen LogP contribution in [0.25, 0.3) is 0 Å². The molecule has 118 valence electrons. The van der Waals surface area contributed by atoms with Gasteiger partial charge in [-0.05, 0) is 55.3 Å². The summed E-state index contributed by atoms with van der Waals surface area (Å²) in [5.74, 6) is 2.61. The van der Waals surface area contributed by atoms with Crippen LogP contribution in [-0.4, -0.2) is 13.7 Å². The van der Waals surface area contributed by atoms with Crippen molar-refractivity contribution in [2.75, 3.05) is 13.7 Å². The largest absolute Gasteiger partial charge is 0.497 e. The molecule has 1 aliphatic rings. The van der Waals surface area contributed by atoms with Crippen molar-refractivity contribution in [1.29, 1.82) is 0 Å². The van der Waals surface area contributed by atoms with E-state index in [9.17, 15) is 0 Å². The second-order valence-electron chi connectivity index (χ2n) is 6.41. The van der Waals surface area contributed by atoms with Crippen molar-refractivity contribution in [2.24, 2.45) is 11.8 Å². The Bertz CT molecular complexity index is 397. The number of methoxy groups -OCH3 is 1. The van der Waals surface area contributed by atoms with Gasteiger partial charge < -0.3 is 10.1 Å². The van der Waals surface area contributed by atoms with Crippen LogP contribution in [-0.2, 0) is 0 Å². The van der Waals surface area contributed by atoms with Gasteiger partial charge in [0.25, 0.3) is 0 Å². The van der Waals surface area contributed by atoms with Gasteiger partial charge in [0.1, 0.15) is 5.75 Å². The maximum atomic E-state index is 5.26. The summed E-state index contributed by atoms with van der Waals surface area (Å²) < 4.78 is 5.26. The van der Waals surface area contributed by atoms with E-state index in [-0.39, 0.29) is 0 Å². The van der Waals surface area contributed by atoms with Crippen LogP contribution >= 0.6 is 0 Å². The second-order valence-corrected chi connectivity index (χ2v) is 6.41. The first-order valence-corrected chi connectivity index (χ1v) is 8.65. The summed E-state index contributed by atoms with van der Waals surface area (Å²) in [5, 5.41) is 3.85. The van der Waals surface area contributed by atoms with Crippen LogP contribution in [0.15, 0.2) is 24.3 Å². The van der Waals surface area contributed by atoms with Gasteiger partial charge in [0.15, 0.2) is 0 Å². The lowest BCUT2D eigenvalue weighted by atomic mass is 9.97. The molecule has 0 amide bonds. The molecule has 2 rings (SSSR count). The number of rotatable bonds is 10. The molecular weight excluding hydrogens is 258 g/mol. The Morgan fingerprint density at radius 1 is 1.19 bits per heavy atom. The molecular formula is C19H31NO. The number of unbranched alkanes of at least 4 members (excludes halogenated alkanes) is 1. The van der Waals surface area contributed by atoms with Gasteiger partial charge in [-0.3, -0.25) is 0 Å². The van der Waals surface area contributed by atoms with Crippen LogP contribution in [0.4, 0.5) is 0 Å². The molecule has 0 aliphatic heterocycles. The molecule has 1 N–H and O–H groups in total. The average Bonchev–Trinajstić information content (AvgIpc) is 3.36. The summed E-state index contributed by atoms with van der Waals surface area (Å²) in [7, 11) is 1.73. The van der Waals surface area contributed by atoms with Crippen LogP contribution < -0.4 is 10.1 Å². The van der Waals surface area contributed by atoms with E-state index in [0.717, 1.165) is 24.1 Å². The Morgan fingerprint density at radius 3 is 2.43 bits per heavy atom. The predicted octanol–water partition coefficient (Wildman–Crippen LogP) is 4.95. The van der Waals surface area contributed by atoms with Crippen LogP contribution in [0.3, 0.4) is 0 Å². The molecule has 21 heavy (non-hydrogen) atoms. The quantitative estimate of drug-likeness (QED) is 0.658. The van der Waals surface area contributed by atoms with Gasteiger partial charge in [-0.25, -0.2) is 0 Å². The predicted molar refractivity (Wildman–Crippen MR) is 89.8 cm³/mol. The van der Waals surface area contributed by atoms with Gasteiger partial charge in [0, 0.05) is 6.04 Å². The number of nitrogens with one attached hydrogen (secondary N) is 1. The minimum atomic E-state index is 0.534. The first kappa shape index (κ1) is 16.4. The van der Waals surface area contributed by atoms with Gasteiger partial charge in [0.05, 0.1) is 7.11 Å². The highest BCUT2D eigenvalue weighted by Crippen LogP contribution is 2.41. The van der Waals surface area contributed by atoms with Crippen LogP contribution in [0.2, 0.25) is 0 Å². The van der Waals surface area contributed by atoms with E-state index in [1.807, 2.05) is 0 Å². The van der Waals surface area contributed by atoms with E-state index >= 15 is 0 Å². The fraction of sp³-hybridized carbons (Fsp3) is 0.684. The van der Waals surface area contributed by atoms with E-state index in [1.165, 1.54) is 44.1 Å². The van der Waals surface area contributed by atoms with Crippen LogP contribution in [0, 0.1) is 11.8 Å². The fourth-order valence-electron chi connectivity index (χ4n) is 3.03. The molecule has 1 aliphatic carbocycles. The van der Waals surface area contributed by atoms with E-state index in [1.54, 1.807) is 7.11 Å². The summed E-state index contributed by atoms with van der Waals surface area (Å²) in [6.45, 7) is 5.76. The SMILES string of the molecule is CCCCC(CC)CNC(c1ccc(OC)cc1)C1CC1. The normalized spacial score (nSPS) is 17.5. The molecule has 0 saturated heterocycles. The molecule has 1 fully saturated rings. The third kappa shape index (κ3) is 5.03. The number of benzene rings is 1. The van der Waals surface area contributed by atoms with E-state index in [0.29, 0.717) is 6.04 Å². The van der Waals surface area contributed by atoms with Gasteiger partial charge in [0.2, 0.25) is 0 Å². The first-order valence-electron chi connectivity index (χ1n) is 8.65. The minimum Gasteiger partial charge on any atom is -0.497 e. The summed E-state index contributed by atoms with van der Waals surface area (Å²) in [6.07, 6.45) is 8.05. The lowest BCUT2D eigenvalue weighted by molar-refractivity contribution is 0.374. The van der Waals surface area contributed by atoms with Crippen molar-refractivity contribution in [3.63, 3.8) is 0 Å². The second kappa shape index (κ2) is 8.43. The number of hydrogen-bond acceptors (Lipinski definition) is 2. The Hall–Kier alpha value is -1.02. The van der Waals surface area contributed by atoms with E-state index in [2.05, 4.69) is 43.4 Å². The van der Waals surface area contributed by atoms with Crippen molar-refractivity contribution < 1.29 is 4.74 Å². The summed E-state index contributed by atoms with van der Waals surface area (Å²) in [4.78, 5) is 0. The molecule has 0 heterocycles. The van der Waals surface area contributed by atoms with Crippen molar-refractivity contribution >= 4 is 0 Å². The van der Waals surface area contributed by atoms with Crippen molar-refractivity contribution in [3.05, 3.63) is 29.8 Å². The molecule has 2 heteroatoms. The monoisotopic (exact) mass is 289 g/mol. The standard InChI is InChI=1S/C19H31NO/c1-4-6-7-15(5-2)14-20-19(16-8-9-16)17-10-12-18(21-3)13-11-17/h10-13,15-16,19-20H,4-9,14H2,1-3H3. The van der Waals surface area contributed by atoms with Crippen LogP contribution in [0.5, 0.6) is 5.75 Å². The molecule has 0 spiro atoms. The molecule has 0 aromatic heterocycles. The van der Waals surface area contributed by atoms with Crippen LogP contribution in [0.1, 0.15) is 64.0 Å². The third-order valence-electron chi connectivity index (χ3n) is 4.74. The summed E-state index contributed by atoms with van der Waals surface area (Å²) in [5.41, 5.74) is 1.42. The zero-order chi connectivity index (χ0) is 15.1. The molecule has 1 saturated carbocycles.